The maximum atomic E-state index is 11.9. The monoisotopic (exact) mass is 235 g/mol. The highest BCUT2D eigenvalue weighted by molar-refractivity contribution is 7.11. The number of nitrogens with zero attached hydrogens (tertiary/aromatic N) is 2. The topological polar surface area (TPSA) is 78.0 Å². The minimum absolute atomic E-state index is 0.0884. The van der Waals surface area contributed by atoms with Crippen molar-refractivity contribution in [2.24, 2.45) is 0 Å². The van der Waals surface area contributed by atoms with Crippen LogP contribution >= 0.6 is 11.5 Å². The van der Waals surface area contributed by atoms with E-state index in [1.54, 1.807) is 12.1 Å². The van der Waals surface area contributed by atoms with Gasteiger partial charge in [-0.15, -0.1) is 0 Å². The van der Waals surface area contributed by atoms with Gasteiger partial charge in [0.25, 0.3) is 5.91 Å². The number of carbonyl (C=O) groups excluding carboxylic acids is 1. The van der Waals surface area contributed by atoms with E-state index in [1.807, 2.05) is 19.1 Å². The second kappa shape index (κ2) is 3.90. The second-order valence-corrected chi connectivity index (χ2v) is 4.26. The van der Waals surface area contributed by atoms with E-state index in [4.69, 9.17) is 5.73 Å². The molecule has 0 saturated carbocycles. The van der Waals surface area contributed by atoms with Crippen molar-refractivity contribution in [1.82, 2.24) is 8.94 Å². The van der Waals surface area contributed by atoms with Crippen molar-refractivity contribution in [1.29, 1.82) is 0 Å². The van der Waals surface area contributed by atoms with Gasteiger partial charge in [0.05, 0.1) is 0 Å². The smallest absolute Gasteiger partial charge is 0.367 e. The number of hydrogen-bond acceptors (Lipinski definition) is 5. The van der Waals surface area contributed by atoms with Crippen molar-refractivity contribution in [3.63, 3.8) is 0 Å². The summed E-state index contributed by atoms with van der Waals surface area (Å²) in [4.78, 5) is 26.6. The van der Waals surface area contributed by atoms with Crippen molar-refractivity contribution >= 4 is 22.6 Å². The van der Waals surface area contributed by atoms with Crippen LogP contribution in [0.4, 0.5) is 5.13 Å². The Hall–Kier alpha value is -1.95. The predicted octanol–water partition coefficient (Wildman–Crippen LogP) is 0.884. The first-order chi connectivity index (χ1) is 7.58. The van der Waals surface area contributed by atoms with Crippen LogP contribution in [0.25, 0.3) is 0 Å². The van der Waals surface area contributed by atoms with Gasteiger partial charge >= 0.3 is 5.69 Å². The van der Waals surface area contributed by atoms with Gasteiger partial charge in [0.15, 0.2) is 0 Å². The van der Waals surface area contributed by atoms with Gasteiger partial charge in [-0.3, -0.25) is 4.79 Å². The zero-order valence-electron chi connectivity index (χ0n) is 8.51. The number of benzene rings is 1. The first-order valence-electron chi connectivity index (χ1n) is 4.55. The van der Waals surface area contributed by atoms with E-state index in [0.29, 0.717) is 5.56 Å². The third kappa shape index (κ3) is 1.87. The summed E-state index contributed by atoms with van der Waals surface area (Å²) in [5.74, 6) is -0.404. The van der Waals surface area contributed by atoms with Gasteiger partial charge in [0.2, 0.25) is 5.13 Å². The van der Waals surface area contributed by atoms with Gasteiger partial charge in [-0.05, 0) is 30.6 Å². The maximum absolute atomic E-state index is 11.9. The van der Waals surface area contributed by atoms with E-state index < -0.39 is 11.6 Å². The number of nitrogen functional groups attached to an aromatic ring is 1. The van der Waals surface area contributed by atoms with Crippen molar-refractivity contribution in [2.75, 3.05) is 5.73 Å². The Kier molecular flexibility index (Phi) is 2.57. The molecule has 0 fully saturated rings. The molecule has 1 aromatic heterocycles. The highest BCUT2D eigenvalue weighted by Crippen LogP contribution is 2.08. The lowest BCUT2D eigenvalue weighted by Gasteiger charge is -1.99. The Morgan fingerprint density at radius 3 is 2.50 bits per heavy atom. The van der Waals surface area contributed by atoms with Crippen molar-refractivity contribution in [3.8, 4) is 0 Å². The van der Waals surface area contributed by atoms with E-state index in [9.17, 15) is 9.59 Å². The van der Waals surface area contributed by atoms with Gasteiger partial charge in [-0.2, -0.15) is 8.94 Å². The summed E-state index contributed by atoms with van der Waals surface area (Å²) in [6.45, 7) is 1.92. The fraction of sp³-hybridized carbons (Fsp3) is 0.100. The van der Waals surface area contributed by atoms with Crippen LogP contribution in [0.2, 0.25) is 0 Å². The molecule has 2 N–H and O–H groups in total. The lowest BCUT2D eigenvalue weighted by atomic mass is 10.1. The van der Waals surface area contributed by atoms with E-state index in [0.717, 1.165) is 21.1 Å². The number of hydrogen-bond donors (Lipinski definition) is 1. The number of aryl methyl sites for hydroxylation is 1. The van der Waals surface area contributed by atoms with E-state index in [2.05, 4.69) is 4.98 Å². The Balaban J connectivity index is 2.43. The number of carbonyl (C=O) groups is 1. The molecule has 2 rings (SSSR count). The van der Waals surface area contributed by atoms with Crippen LogP contribution in [-0.4, -0.2) is 14.8 Å². The summed E-state index contributed by atoms with van der Waals surface area (Å²) < 4.78 is 0.944. The first kappa shape index (κ1) is 10.6. The van der Waals surface area contributed by atoms with Gasteiger partial charge in [-0.1, -0.05) is 17.7 Å². The van der Waals surface area contributed by atoms with Crippen LogP contribution in [0.3, 0.4) is 0 Å². The normalized spacial score (nSPS) is 10.3. The molecule has 0 bridgehead atoms. The number of nitrogens with two attached hydrogens (primary N) is 1. The van der Waals surface area contributed by atoms with Crippen LogP contribution in [0, 0.1) is 6.92 Å². The maximum Gasteiger partial charge on any atom is 0.367 e. The van der Waals surface area contributed by atoms with E-state index in [1.165, 1.54) is 0 Å². The number of anilines is 1. The quantitative estimate of drug-likeness (QED) is 0.796. The summed E-state index contributed by atoms with van der Waals surface area (Å²) in [6.07, 6.45) is 0. The van der Waals surface area contributed by atoms with E-state index in [-0.39, 0.29) is 5.13 Å². The lowest BCUT2D eigenvalue weighted by Crippen LogP contribution is -2.23. The summed E-state index contributed by atoms with van der Waals surface area (Å²) >= 11 is 0.843. The molecule has 16 heavy (non-hydrogen) atoms. The summed E-state index contributed by atoms with van der Waals surface area (Å²) in [7, 11) is 0. The third-order valence-corrected chi connectivity index (χ3v) is 2.83. The molecule has 82 valence electrons. The summed E-state index contributed by atoms with van der Waals surface area (Å²) in [5, 5.41) is 0.0884. The lowest BCUT2D eigenvalue weighted by molar-refractivity contribution is 0.0967. The summed E-state index contributed by atoms with van der Waals surface area (Å²) in [6, 6.07) is 6.95. The van der Waals surface area contributed by atoms with Gasteiger partial charge in [0.1, 0.15) is 0 Å². The standard InChI is InChI=1S/C10H9N3O2S/c1-6-2-4-7(5-3-6)8(14)13-10(15)12-9(11)16-13/h2-5H,1H3,(H2,11,12,15). The fourth-order valence-corrected chi connectivity index (χ4v) is 1.85. The molecule has 0 aliphatic rings. The van der Waals surface area contributed by atoms with Gasteiger partial charge in [-0.25, -0.2) is 4.79 Å². The molecule has 0 radical (unpaired) electrons. The fourth-order valence-electron chi connectivity index (χ4n) is 1.23. The van der Waals surface area contributed by atoms with Crippen molar-refractivity contribution in [3.05, 3.63) is 45.9 Å². The van der Waals surface area contributed by atoms with Crippen molar-refractivity contribution in [2.45, 2.75) is 6.92 Å². The van der Waals surface area contributed by atoms with Crippen molar-refractivity contribution < 1.29 is 4.79 Å². The molecule has 0 spiro atoms. The molecule has 0 aliphatic heterocycles. The zero-order chi connectivity index (χ0) is 11.7. The van der Waals surface area contributed by atoms with Crippen LogP contribution in [0.1, 0.15) is 15.9 Å². The minimum Gasteiger partial charge on any atom is -0.374 e. The predicted molar refractivity (Wildman–Crippen MR) is 61.7 cm³/mol. The molecule has 1 heterocycles. The molecular weight excluding hydrogens is 226 g/mol. The van der Waals surface area contributed by atoms with Crippen LogP contribution < -0.4 is 11.4 Å². The molecule has 0 aliphatic carbocycles. The Morgan fingerprint density at radius 1 is 1.38 bits per heavy atom. The second-order valence-electron chi connectivity index (χ2n) is 3.29. The van der Waals surface area contributed by atoms with E-state index >= 15 is 0 Å². The SMILES string of the molecule is Cc1ccc(C(=O)n2sc(N)nc2=O)cc1. The third-order valence-electron chi connectivity index (χ3n) is 2.05. The molecule has 6 heteroatoms. The Labute approximate surface area is 95.3 Å². The Morgan fingerprint density at radius 2 is 2.00 bits per heavy atom. The highest BCUT2D eigenvalue weighted by atomic mass is 32.1. The van der Waals surface area contributed by atoms with Gasteiger partial charge in [0, 0.05) is 5.56 Å². The van der Waals surface area contributed by atoms with Gasteiger partial charge < -0.3 is 5.73 Å². The average molecular weight is 235 g/mol. The minimum atomic E-state index is -0.631. The first-order valence-corrected chi connectivity index (χ1v) is 5.32. The molecule has 0 saturated heterocycles. The molecule has 5 nitrogen and oxygen atoms in total. The number of aromatic nitrogens is 2. The van der Waals surface area contributed by atoms with Crippen LogP contribution in [-0.2, 0) is 0 Å². The molecule has 0 amide bonds. The largest absolute Gasteiger partial charge is 0.374 e. The Bertz CT molecular complexity index is 583. The molecule has 0 unspecified atom stereocenters. The zero-order valence-corrected chi connectivity index (χ0v) is 9.32. The summed E-state index contributed by atoms with van der Waals surface area (Å²) in [5.41, 5.74) is 6.21. The molecular formula is C10H9N3O2S. The van der Waals surface area contributed by atoms with Crippen LogP contribution in [0.5, 0.6) is 0 Å². The highest BCUT2D eigenvalue weighted by Gasteiger charge is 2.13. The molecule has 0 atom stereocenters. The number of rotatable bonds is 1. The molecule has 1 aromatic carbocycles. The average Bonchev–Trinajstić information content (AvgIpc) is 2.58. The van der Waals surface area contributed by atoms with Crippen LogP contribution in [0.15, 0.2) is 29.1 Å². The molecule has 2 aromatic rings.